The average Bonchev–Trinajstić information content (AvgIpc) is 3.31. The Bertz CT molecular complexity index is 1510. The molecule has 4 heteroatoms. The Labute approximate surface area is 184 Å². The van der Waals surface area contributed by atoms with Crippen molar-refractivity contribution in [2.24, 2.45) is 4.99 Å². The standard InChI is InChI=1S/C26H16N2S2/c29-25-21-22(24(28-25)20-14-6-10-16-8-2-4-12-18(16)20)26(30)27-23(21)19-13-5-9-15-7-1-3-11-17(15)19/h1-14,27,30H. The molecule has 2 nitrogen and oxygen atoms in total. The van der Waals surface area contributed by atoms with E-state index in [-0.39, 0.29) is 0 Å². The molecule has 0 amide bonds. The molecule has 6 rings (SSSR count). The molecule has 5 aromatic rings. The Morgan fingerprint density at radius 3 is 1.93 bits per heavy atom. The first-order valence-electron chi connectivity index (χ1n) is 9.77. The summed E-state index contributed by atoms with van der Waals surface area (Å²) < 4.78 is 0. The zero-order valence-electron chi connectivity index (χ0n) is 15.9. The number of H-pyrrole nitrogens is 1. The minimum absolute atomic E-state index is 0.604. The van der Waals surface area contributed by atoms with Crippen LogP contribution in [-0.4, -0.2) is 15.7 Å². The smallest absolute Gasteiger partial charge is 0.137 e. The van der Waals surface area contributed by atoms with Crippen LogP contribution in [-0.2, 0) is 0 Å². The van der Waals surface area contributed by atoms with Crippen molar-refractivity contribution in [2.45, 2.75) is 5.03 Å². The van der Waals surface area contributed by atoms with Crippen LogP contribution in [0.5, 0.6) is 0 Å². The lowest BCUT2D eigenvalue weighted by Gasteiger charge is -2.07. The molecule has 0 bridgehead atoms. The Hall–Kier alpha value is -3.21. The lowest BCUT2D eigenvalue weighted by atomic mass is 9.95. The predicted octanol–water partition coefficient (Wildman–Crippen LogP) is 6.80. The Balaban J connectivity index is 1.61. The van der Waals surface area contributed by atoms with Crippen LogP contribution in [0.3, 0.4) is 0 Å². The summed E-state index contributed by atoms with van der Waals surface area (Å²) in [6, 6.07) is 29.4. The van der Waals surface area contributed by atoms with E-state index in [2.05, 4.69) is 89.9 Å². The second-order valence-electron chi connectivity index (χ2n) is 7.42. The summed E-state index contributed by atoms with van der Waals surface area (Å²) in [6.07, 6.45) is 0. The minimum Gasteiger partial charge on any atom is -0.349 e. The summed E-state index contributed by atoms with van der Waals surface area (Å²) in [6.45, 7) is 0. The molecule has 0 aliphatic carbocycles. The fourth-order valence-electron chi connectivity index (χ4n) is 4.42. The molecular formula is C26H16N2S2. The number of hydrogen-bond acceptors (Lipinski definition) is 2. The van der Waals surface area contributed by atoms with Gasteiger partial charge in [0, 0.05) is 22.3 Å². The normalized spacial score (nSPS) is 13.1. The largest absolute Gasteiger partial charge is 0.349 e. The van der Waals surface area contributed by atoms with Crippen molar-refractivity contribution in [3.63, 3.8) is 0 Å². The van der Waals surface area contributed by atoms with Crippen molar-refractivity contribution in [3.05, 3.63) is 102 Å². The van der Waals surface area contributed by atoms with E-state index in [1.54, 1.807) is 0 Å². The summed E-state index contributed by atoms with van der Waals surface area (Å²) in [5.74, 6) is 0. The van der Waals surface area contributed by atoms with E-state index in [9.17, 15) is 0 Å². The molecule has 0 saturated heterocycles. The van der Waals surface area contributed by atoms with Gasteiger partial charge in [-0.2, -0.15) is 0 Å². The Morgan fingerprint density at radius 1 is 0.667 bits per heavy atom. The maximum atomic E-state index is 5.76. The maximum absolute atomic E-state index is 5.76. The van der Waals surface area contributed by atoms with Gasteiger partial charge in [0.1, 0.15) is 4.99 Å². The zero-order valence-corrected chi connectivity index (χ0v) is 17.6. The number of nitrogens with zero attached hydrogens (tertiary/aromatic N) is 1. The number of thiocarbonyl (C=S) groups is 1. The summed E-state index contributed by atoms with van der Waals surface area (Å²) in [7, 11) is 0. The number of aromatic nitrogens is 1. The van der Waals surface area contributed by atoms with Crippen molar-refractivity contribution in [3.8, 4) is 11.3 Å². The van der Waals surface area contributed by atoms with Gasteiger partial charge in [0.15, 0.2) is 0 Å². The molecule has 1 aliphatic heterocycles. The van der Waals surface area contributed by atoms with Crippen molar-refractivity contribution < 1.29 is 0 Å². The highest BCUT2D eigenvalue weighted by atomic mass is 32.1. The van der Waals surface area contributed by atoms with Crippen LogP contribution in [0.1, 0.15) is 16.7 Å². The Kier molecular flexibility index (Phi) is 3.91. The monoisotopic (exact) mass is 420 g/mol. The summed E-state index contributed by atoms with van der Waals surface area (Å²) in [4.78, 5) is 8.94. The van der Waals surface area contributed by atoms with E-state index in [1.807, 2.05) is 0 Å². The number of rotatable bonds is 2. The van der Waals surface area contributed by atoms with E-state index in [1.165, 1.54) is 16.2 Å². The molecule has 0 saturated carbocycles. The van der Waals surface area contributed by atoms with Crippen LogP contribution in [0.4, 0.5) is 0 Å². The van der Waals surface area contributed by atoms with Gasteiger partial charge in [-0.1, -0.05) is 97.1 Å². The summed E-state index contributed by atoms with van der Waals surface area (Å²) in [5, 5.41) is 5.51. The van der Waals surface area contributed by atoms with Gasteiger partial charge >= 0.3 is 0 Å². The second-order valence-corrected chi connectivity index (χ2v) is 8.25. The lowest BCUT2D eigenvalue weighted by molar-refractivity contribution is 1.21. The first kappa shape index (κ1) is 17.6. The molecule has 0 atom stereocenters. The highest BCUT2D eigenvalue weighted by Crippen LogP contribution is 2.40. The van der Waals surface area contributed by atoms with Crippen molar-refractivity contribution in [1.82, 2.24) is 4.98 Å². The molecule has 4 aromatic carbocycles. The van der Waals surface area contributed by atoms with E-state index in [0.717, 1.165) is 44.1 Å². The van der Waals surface area contributed by atoms with Crippen LogP contribution in [0.15, 0.2) is 94.9 Å². The van der Waals surface area contributed by atoms with E-state index in [4.69, 9.17) is 29.8 Å². The molecule has 0 spiro atoms. The fraction of sp³-hybridized carbons (Fsp3) is 0. The van der Waals surface area contributed by atoms with Gasteiger partial charge in [-0.05, 0) is 21.5 Å². The molecule has 0 unspecified atom stereocenters. The Morgan fingerprint density at radius 2 is 1.23 bits per heavy atom. The fourth-order valence-corrected chi connectivity index (χ4v) is 5.04. The first-order valence-corrected chi connectivity index (χ1v) is 10.6. The molecule has 1 aliphatic rings. The number of aliphatic imine (C=N–C) groups is 1. The number of benzene rings is 4. The topological polar surface area (TPSA) is 28.1 Å². The van der Waals surface area contributed by atoms with Crippen molar-refractivity contribution in [1.29, 1.82) is 0 Å². The van der Waals surface area contributed by atoms with Gasteiger partial charge in [-0.15, -0.1) is 12.6 Å². The van der Waals surface area contributed by atoms with Gasteiger partial charge in [0.2, 0.25) is 0 Å². The molecule has 0 fully saturated rings. The van der Waals surface area contributed by atoms with E-state index < -0.39 is 0 Å². The van der Waals surface area contributed by atoms with Crippen LogP contribution in [0.25, 0.3) is 32.8 Å². The third-order valence-electron chi connectivity index (χ3n) is 5.75. The molecule has 1 aromatic heterocycles. The van der Waals surface area contributed by atoms with Crippen LogP contribution < -0.4 is 0 Å². The van der Waals surface area contributed by atoms with Gasteiger partial charge in [-0.25, -0.2) is 4.99 Å². The van der Waals surface area contributed by atoms with Gasteiger partial charge in [0.05, 0.1) is 16.4 Å². The molecule has 2 heterocycles. The van der Waals surface area contributed by atoms with Gasteiger partial charge in [0.25, 0.3) is 0 Å². The first-order chi connectivity index (χ1) is 14.7. The highest BCUT2D eigenvalue weighted by Gasteiger charge is 2.31. The highest BCUT2D eigenvalue weighted by molar-refractivity contribution is 7.81. The van der Waals surface area contributed by atoms with Crippen molar-refractivity contribution >= 4 is 57.1 Å². The molecular weight excluding hydrogens is 404 g/mol. The molecule has 142 valence electrons. The summed E-state index contributed by atoms with van der Waals surface area (Å²) >= 11 is 10.6. The van der Waals surface area contributed by atoms with Crippen LogP contribution in [0, 0.1) is 0 Å². The SMILES string of the molecule is S=C1N=C(c2cccc3ccccc23)c2c(S)[nH]c(-c3cccc4ccccc34)c21. The quantitative estimate of drug-likeness (QED) is 0.238. The van der Waals surface area contributed by atoms with Gasteiger partial charge < -0.3 is 4.98 Å². The number of fused-ring (bicyclic) bond motifs is 3. The number of thiol groups is 1. The average molecular weight is 421 g/mol. The summed E-state index contributed by atoms with van der Waals surface area (Å²) in [5.41, 5.74) is 6.02. The van der Waals surface area contributed by atoms with Gasteiger partial charge in [-0.3, -0.25) is 0 Å². The number of nitrogens with one attached hydrogen (secondary N) is 1. The second kappa shape index (κ2) is 6.66. The molecule has 0 radical (unpaired) electrons. The van der Waals surface area contributed by atoms with Crippen LogP contribution in [0.2, 0.25) is 0 Å². The van der Waals surface area contributed by atoms with E-state index >= 15 is 0 Å². The third-order valence-corrected chi connectivity index (χ3v) is 6.38. The molecule has 30 heavy (non-hydrogen) atoms. The lowest BCUT2D eigenvalue weighted by Crippen LogP contribution is -2.01. The number of hydrogen-bond donors (Lipinski definition) is 2. The minimum atomic E-state index is 0.604. The third kappa shape index (κ3) is 2.51. The van der Waals surface area contributed by atoms with E-state index in [0.29, 0.717) is 4.99 Å². The maximum Gasteiger partial charge on any atom is 0.137 e. The van der Waals surface area contributed by atoms with Crippen molar-refractivity contribution in [2.75, 3.05) is 0 Å². The number of aromatic amines is 1. The van der Waals surface area contributed by atoms with Crippen LogP contribution >= 0.6 is 24.8 Å². The molecule has 1 N–H and O–H groups in total. The zero-order chi connectivity index (χ0) is 20.2. The predicted molar refractivity (Wildman–Crippen MR) is 132 cm³/mol.